The summed E-state index contributed by atoms with van der Waals surface area (Å²) in [6, 6.07) is 0.720. The monoisotopic (exact) mass is 297 g/mol. The first-order valence-electron chi connectivity index (χ1n) is 10.0. The van der Waals surface area contributed by atoms with Crippen LogP contribution in [0.2, 0.25) is 0 Å². The molecule has 1 unspecified atom stereocenters. The van der Waals surface area contributed by atoms with Crippen molar-refractivity contribution in [3.05, 3.63) is 0 Å². The quantitative estimate of drug-likeness (QED) is 0.289. The SMILES string of the molecule is CCCCCCCCCCCCCCCC(C)NCCC. The van der Waals surface area contributed by atoms with Crippen molar-refractivity contribution in [1.29, 1.82) is 0 Å². The Morgan fingerprint density at radius 2 is 1.00 bits per heavy atom. The van der Waals surface area contributed by atoms with Crippen LogP contribution in [0.1, 0.15) is 117 Å². The molecule has 1 atom stereocenters. The van der Waals surface area contributed by atoms with Gasteiger partial charge < -0.3 is 5.32 Å². The highest BCUT2D eigenvalue weighted by atomic mass is 14.9. The highest BCUT2D eigenvalue weighted by Gasteiger charge is 1.99. The molecule has 0 amide bonds. The summed E-state index contributed by atoms with van der Waals surface area (Å²) in [4.78, 5) is 0. The number of hydrogen-bond acceptors (Lipinski definition) is 1. The summed E-state index contributed by atoms with van der Waals surface area (Å²) in [6.07, 6.45) is 21.5. The van der Waals surface area contributed by atoms with Gasteiger partial charge in [-0.2, -0.15) is 0 Å². The maximum absolute atomic E-state index is 3.58. The van der Waals surface area contributed by atoms with E-state index in [0.717, 1.165) is 6.04 Å². The van der Waals surface area contributed by atoms with Gasteiger partial charge in [-0.1, -0.05) is 97.3 Å². The Balaban J connectivity index is 3.02. The molecule has 21 heavy (non-hydrogen) atoms. The van der Waals surface area contributed by atoms with Crippen molar-refractivity contribution in [2.75, 3.05) is 6.54 Å². The minimum Gasteiger partial charge on any atom is -0.314 e. The van der Waals surface area contributed by atoms with Crippen molar-refractivity contribution >= 4 is 0 Å². The summed E-state index contributed by atoms with van der Waals surface area (Å²) >= 11 is 0. The van der Waals surface area contributed by atoms with Crippen LogP contribution < -0.4 is 5.32 Å². The Morgan fingerprint density at radius 1 is 0.571 bits per heavy atom. The Labute approximate surface area is 135 Å². The molecule has 0 rings (SSSR count). The molecule has 0 aliphatic carbocycles. The fourth-order valence-corrected chi connectivity index (χ4v) is 2.96. The summed E-state index contributed by atoms with van der Waals surface area (Å²) < 4.78 is 0. The minimum atomic E-state index is 0.720. The third-order valence-corrected chi connectivity index (χ3v) is 4.48. The van der Waals surface area contributed by atoms with Gasteiger partial charge in [0.1, 0.15) is 0 Å². The molecule has 1 nitrogen and oxygen atoms in total. The summed E-state index contributed by atoms with van der Waals surface area (Å²) in [7, 11) is 0. The second-order valence-electron chi connectivity index (χ2n) is 6.89. The smallest absolute Gasteiger partial charge is 0.00387 e. The maximum Gasteiger partial charge on any atom is 0.00387 e. The van der Waals surface area contributed by atoms with Crippen LogP contribution in [0.5, 0.6) is 0 Å². The van der Waals surface area contributed by atoms with Crippen molar-refractivity contribution < 1.29 is 0 Å². The molecule has 128 valence electrons. The molecule has 1 N–H and O–H groups in total. The maximum atomic E-state index is 3.58. The van der Waals surface area contributed by atoms with Gasteiger partial charge in [-0.3, -0.25) is 0 Å². The van der Waals surface area contributed by atoms with E-state index in [4.69, 9.17) is 0 Å². The predicted octanol–water partition coefficient (Wildman–Crippen LogP) is 6.86. The number of nitrogens with one attached hydrogen (secondary N) is 1. The van der Waals surface area contributed by atoms with Gasteiger partial charge in [0.25, 0.3) is 0 Å². The lowest BCUT2D eigenvalue weighted by atomic mass is 10.0. The van der Waals surface area contributed by atoms with Crippen LogP contribution in [0.25, 0.3) is 0 Å². The molecule has 0 bridgehead atoms. The molecule has 0 fully saturated rings. The van der Waals surface area contributed by atoms with Gasteiger partial charge in [0.05, 0.1) is 0 Å². The van der Waals surface area contributed by atoms with Crippen molar-refractivity contribution in [3.8, 4) is 0 Å². The molecule has 0 spiro atoms. The predicted molar refractivity (Wildman–Crippen MR) is 98.1 cm³/mol. The van der Waals surface area contributed by atoms with Gasteiger partial charge in [-0.25, -0.2) is 0 Å². The zero-order valence-corrected chi connectivity index (χ0v) is 15.4. The van der Waals surface area contributed by atoms with Crippen LogP contribution in [-0.2, 0) is 0 Å². The van der Waals surface area contributed by atoms with E-state index in [1.807, 2.05) is 0 Å². The molecular formula is C20H43N. The lowest BCUT2D eigenvalue weighted by Gasteiger charge is -2.12. The molecule has 0 heterocycles. The third kappa shape index (κ3) is 17.9. The van der Waals surface area contributed by atoms with Gasteiger partial charge in [-0.15, -0.1) is 0 Å². The first-order chi connectivity index (χ1) is 10.3. The molecule has 0 aromatic rings. The Morgan fingerprint density at radius 3 is 1.43 bits per heavy atom. The number of unbranched alkanes of at least 4 members (excludes halogenated alkanes) is 12. The second kappa shape index (κ2) is 18.0. The van der Waals surface area contributed by atoms with E-state index in [0.29, 0.717) is 0 Å². The fraction of sp³-hybridized carbons (Fsp3) is 1.00. The van der Waals surface area contributed by atoms with Gasteiger partial charge >= 0.3 is 0 Å². The summed E-state index contributed by atoms with van der Waals surface area (Å²) in [5.41, 5.74) is 0. The summed E-state index contributed by atoms with van der Waals surface area (Å²) in [5, 5.41) is 3.58. The van der Waals surface area contributed by atoms with Gasteiger partial charge in [0, 0.05) is 6.04 Å². The second-order valence-corrected chi connectivity index (χ2v) is 6.89. The first kappa shape index (κ1) is 21.0. The Kier molecular flexibility index (Phi) is 18.0. The first-order valence-corrected chi connectivity index (χ1v) is 10.0. The van der Waals surface area contributed by atoms with Crippen LogP contribution in [0.15, 0.2) is 0 Å². The van der Waals surface area contributed by atoms with Gasteiger partial charge in [0.15, 0.2) is 0 Å². The van der Waals surface area contributed by atoms with Crippen molar-refractivity contribution in [1.82, 2.24) is 5.32 Å². The average Bonchev–Trinajstić information content (AvgIpc) is 2.49. The molecule has 0 aromatic heterocycles. The van der Waals surface area contributed by atoms with Crippen molar-refractivity contribution in [2.45, 2.75) is 123 Å². The summed E-state index contributed by atoms with van der Waals surface area (Å²) in [5.74, 6) is 0. The molecule has 0 aromatic carbocycles. The Hall–Kier alpha value is -0.0400. The third-order valence-electron chi connectivity index (χ3n) is 4.48. The van der Waals surface area contributed by atoms with Crippen molar-refractivity contribution in [3.63, 3.8) is 0 Å². The van der Waals surface area contributed by atoms with E-state index >= 15 is 0 Å². The van der Waals surface area contributed by atoms with Crippen molar-refractivity contribution in [2.24, 2.45) is 0 Å². The molecule has 0 aliphatic rings. The van der Waals surface area contributed by atoms with E-state index in [-0.39, 0.29) is 0 Å². The lowest BCUT2D eigenvalue weighted by Crippen LogP contribution is -2.26. The lowest BCUT2D eigenvalue weighted by molar-refractivity contribution is 0.475. The number of rotatable bonds is 17. The molecule has 0 saturated carbocycles. The van der Waals surface area contributed by atoms with Crippen LogP contribution in [0.4, 0.5) is 0 Å². The van der Waals surface area contributed by atoms with Crippen LogP contribution >= 0.6 is 0 Å². The topological polar surface area (TPSA) is 12.0 Å². The average molecular weight is 298 g/mol. The van der Waals surface area contributed by atoms with E-state index in [1.54, 1.807) is 0 Å². The molecule has 0 aliphatic heterocycles. The van der Waals surface area contributed by atoms with Gasteiger partial charge in [-0.05, 0) is 26.3 Å². The van der Waals surface area contributed by atoms with Crippen LogP contribution in [0, 0.1) is 0 Å². The normalized spacial score (nSPS) is 12.7. The highest BCUT2D eigenvalue weighted by molar-refractivity contribution is 4.60. The van der Waals surface area contributed by atoms with E-state index in [2.05, 4.69) is 26.1 Å². The van der Waals surface area contributed by atoms with E-state index in [1.165, 1.54) is 103 Å². The van der Waals surface area contributed by atoms with E-state index in [9.17, 15) is 0 Å². The standard InChI is InChI=1S/C20H43N/c1-4-6-7-8-9-10-11-12-13-14-15-16-17-18-20(3)21-19-5-2/h20-21H,4-19H2,1-3H3. The van der Waals surface area contributed by atoms with Gasteiger partial charge in [0.2, 0.25) is 0 Å². The minimum absolute atomic E-state index is 0.720. The number of hydrogen-bond donors (Lipinski definition) is 1. The van der Waals surface area contributed by atoms with Crippen LogP contribution in [0.3, 0.4) is 0 Å². The van der Waals surface area contributed by atoms with Crippen LogP contribution in [-0.4, -0.2) is 12.6 Å². The zero-order chi connectivity index (χ0) is 15.6. The molecular weight excluding hydrogens is 254 g/mol. The molecule has 1 heteroatoms. The fourth-order valence-electron chi connectivity index (χ4n) is 2.96. The Bertz CT molecular complexity index is 179. The molecule has 0 radical (unpaired) electrons. The zero-order valence-electron chi connectivity index (χ0n) is 15.4. The highest BCUT2D eigenvalue weighted by Crippen LogP contribution is 2.13. The molecule has 0 saturated heterocycles. The summed E-state index contributed by atoms with van der Waals surface area (Å²) in [6.45, 7) is 8.04. The van der Waals surface area contributed by atoms with E-state index < -0.39 is 0 Å². The largest absolute Gasteiger partial charge is 0.314 e.